The molecule has 0 spiro atoms. The Morgan fingerprint density at radius 3 is 2.45 bits per heavy atom. The lowest BCUT2D eigenvalue weighted by atomic mass is 10.0. The van der Waals surface area contributed by atoms with Crippen LogP contribution >= 0.6 is 0 Å². The van der Waals surface area contributed by atoms with E-state index in [-0.39, 0.29) is 23.1 Å². The number of nitrogens with one attached hydrogen (secondary N) is 1. The summed E-state index contributed by atoms with van der Waals surface area (Å²) in [5.74, 6) is -0.464. The highest BCUT2D eigenvalue weighted by atomic mass is 19.1. The van der Waals surface area contributed by atoms with E-state index < -0.39 is 11.9 Å². The molecule has 1 aliphatic rings. The van der Waals surface area contributed by atoms with Gasteiger partial charge in [-0.3, -0.25) is 14.3 Å². The Balaban J connectivity index is 1.38. The normalized spacial score (nSPS) is 13.5. The Morgan fingerprint density at radius 2 is 1.74 bits per heavy atom. The average Bonchev–Trinajstić information content (AvgIpc) is 3.56. The van der Waals surface area contributed by atoms with Crippen molar-refractivity contribution < 1.29 is 18.4 Å². The van der Waals surface area contributed by atoms with Gasteiger partial charge in [0.25, 0.3) is 5.91 Å². The van der Waals surface area contributed by atoms with Gasteiger partial charge in [0.15, 0.2) is 11.5 Å². The Bertz CT molecular complexity index is 1790. The van der Waals surface area contributed by atoms with E-state index in [0.29, 0.717) is 49.6 Å². The zero-order valence-corrected chi connectivity index (χ0v) is 23.0. The molecule has 1 saturated heterocycles. The number of aryl methyl sites for hydroxylation is 1. The van der Waals surface area contributed by atoms with Gasteiger partial charge in [0, 0.05) is 63.0 Å². The van der Waals surface area contributed by atoms with Gasteiger partial charge in [-0.2, -0.15) is 14.6 Å². The van der Waals surface area contributed by atoms with Crippen molar-refractivity contribution in [1.82, 2.24) is 34.3 Å². The molecular formula is C29H27F2N9O2. The first-order chi connectivity index (χ1) is 20.3. The van der Waals surface area contributed by atoms with Gasteiger partial charge >= 0.3 is 0 Å². The maximum Gasteiger partial charge on any atom is 0.257 e. The second-order valence-corrected chi connectivity index (χ2v) is 9.87. The van der Waals surface area contributed by atoms with Crippen LogP contribution in [0.15, 0.2) is 60.9 Å². The second-order valence-electron chi connectivity index (χ2n) is 9.87. The number of fused-ring (bicyclic) bond motifs is 1. The van der Waals surface area contributed by atoms with Gasteiger partial charge in [-0.05, 0) is 42.5 Å². The van der Waals surface area contributed by atoms with E-state index in [9.17, 15) is 18.4 Å². The van der Waals surface area contributed by atoms with Crippen LogP contribution < -0.4 is 10.2 Å². The van der Waals surface area contributed by atoms with Crippen LogP contribution in [0.1, 0.15) is 23.7 Å². The van der Waals surface area contributed by atoms with E-state index in [4.69, 9.17) is 10.2 Å². The molecule has 5 heterocycles. The van der Waals surface area contributed by atoms with Crippen LogP contribution in [0.3, 0.4) is 0 Å². The first kappa shape index (κ1) is 27.0. The summed E-state index contributed by atoms with van der Waals surface area (Å²) in [6, 6.07) is 12.2. The fraction of sp³-hybridized carbons (Fsp3) is 0.241. The van der Waals surface area contributed by atoms with Crippen molar-refractivity contribution in [3.8, 4) is 22.5 Å². The smallest absolute Gasteiger partial charge is 0.257 e. The van der Waals surface area contributed by atoms with Crippen molar-refractivity contribution in [3.05, 3.63) is 78.3 Å². The average molecular weight is 572 g/mol. The number of hydrogen-bond acceptors (Lipinski definition) is 7. The molecule has 6 rings (SSSR count). The third-order valence-electron chi connectivity index (χ3n) is 7.18. The number of carbonyl (C=O) groups excluding carboxylic acids is 2. The van der Waals surface area contributed by atoms with Gasteiger partial charge in [0.1, 0.15) is 17.3 Å². The number of halogens is 2. The topological polar surface area (TPSA) is 114 Å². The highest BCUT2D eigenvalue weighted by molar-refractivity contribution is 6.03. The molecule has 42 heavy (non-hydrogen) atoms. The fourth-order valence-corrected chi connectivity index (χ4v) is 5.12. The maximum absolute atomic E-state index is 13.8. The molecule has 2 amide bonds. The van der Waals surface area contributed by atoms with Gasteiger partial charge in [-0.1, -0.05) is 6.92 Å². The Hall–Kier alpha value is -5.20. The van der Waals surface area contributed by atoms with Gasteiger partial charge in [-0.15, -0.1) is 0 Å². The predicted molar refractivity (Wildman–Crippen MR) is 152 cm³/mol. The molecule has 1 aromatic carbocycles. The van der Waals surface area contributed by atoms with Crippen LogP contribution in [-0.2, 0) is 11.8 Å². The highest BCUT2D eigenvalue weighted by Gasteiger charge is 2.28. The number of amides is 2. The van der Waals surface area contributed by atoms with Crippen LogP contribution in [0.25, 0.3) is 28.2 Å². The van der Waals surface area contributed by atoms with Crippen LogP contribution in [0.4, 0.5) is 20.4 Å². The minimum absolute atomic E-state index is 0.109. The third-order valence-corrected chi connectivity index (χ3v) is 7.18. The summed E-state index contributed by atoms with van der Waals surface area (Å²) in [4.78, 5) is 36.8. The van der Waals surface area contributed by atoms with Crippen molar-refractivity contribution in [2.24, 2.45) is 7.05 Å². The molecular weight excluding hydrogens is 544 g/mol. The predicted octanol–water partition coefficient (Wildman–Crippen LogP) is 3.78. The van der Waals surface area contributed by atoms with Gasteiger partial charge in [0.2, 0.25) is 11.9 Å². The minimum atomic E-state index is -0.758. The first-order valence-electron chi connectivity index (χ1n) is 13.5. The zero-order valence-electron chi connectivity index (χ0n) is 23.0. The molecule has 0 aliphatic carbocycles. The Kier molecular flexibility index (Phi) is 7.07. The number of hydrogen-bond donors (Lipinski definition) is 1. The Morgan fingerprint density at radius 1 is 0.976 bits per heavy atom. The number of rotatable bonds is 6. The monoisotopic (exact) mass is 571 g/mol. The van der Waals surface area contributed by atoms with Gasteiger partial charge < -0.3 is 15.1 Å². The molecule has 11 nitrogen and oxygen atoms in total. The molecule has 214 valence electrons. The summed E-state index contributed by atoms with van der Waals surface area (Å²) < 4.78 is 30.6. The van der Waals surface area contributed by atoms with E-state index in [2.05, 4.69) is 20.2 Å². The van der Waals surface area contributed by atoms with Crippen molar-refractivity contribution in [2.75, 3.05) is 36.4 Å². The number of anilines is 2. The number of carbonyl (C=O) groups is 2. The van der Waals surface area contributed by atoms with Crippen molar-refractivity contribution in [1.29, 1.82) is 0 Å². The lowest BCUT2D eigenvalue weighted by Crippen LogP contribution is -2.49. The van der Waals surface area contributed by atoms with E-state index in [1.165, 1.54) is 24.4 Å². The Labute approximate surface area is 239 Å². The fourth-order valence-electron chi connectivity index (χ4n) is 5.12. The van der Waals surface area contributed by atoms with Crippen molar-refractivity contribution in [2.45, 2.75) is 13.3 Å². The minimum Gasteiger partial charge on any atom is -0.353 e. The molecule has 4 aromatic heterocycles. The van der Waals surface area contributed by atoms with Crippen LogP contribution in [0.5, 0.6) is 0 Å². The molecule has 0 saturated carbocycles. The summed E-state index contributed by atoms with van der Waals surface area (Å²) >= 11 is 0. The van der Waals surface area contributed by atoms with Crippen LogP contribution in [-0.4, -0.2) is 72.3 Å². The number of imidazole rings is 1. The molecule has 1 fully saturated rings. The summed E-state index contributed by atoms with van der Waals surface area (Å²) in [7, 11) is 1.85. The number of benzene rings is 1. The van der Waals surface area contributed by atoms with Crippen LogP contribution in [0, 0.1) is 11.8 Å². The molecule has 5 aromatic rings. The molecule has 1 N–H and O–H groups in total. The zero-order chi connectivity index (χ0) is 29.4. The standard InChI is InChI=1S/C29H27F2N9O2/c1-3-25(41)38-12-14-39(15-13-38)29-26(27(36-37(29)2)18-4-6-20(30)7-5-18)21-8-9-24-33-23(17-40(24)35-21)34-28(42)19-10-11-32-22(31)16-19/h4-11,16-17H,3,12-15H2,1-2H3,(H,34,42). The quantitative estimate of drug-likeness (QED) is 0.309. The highest BCUT2D eigenvalue weighted by Crippen LogP contribution is 2.39. The molecule has 0 atom stereocenters. The maximum atomic E-state index is 13.8. The number of nitrogens with zero attached hydrogens (tertiary/aromatic N) is 8. The SMILES string of the molecule is CCC(=O)N1CCN(c2c(-c3ccc4nc(NC(=O)c5ccnc(F)c5)cn4n3)c(-c3ccc(F)cc3)nn2C)CC1. The largest absolute Gasteiger partial charge is 0.353 e. The molecule has 0 radical (unpaired) electrons. The molecule has 0 unspecified atom stereocenters. The molecule has 1 aliphatic heterocycles. The summed E-state index contributed by atoms with van der Waals surface area (Å²) in [5.41, 5.74) is 3.27. The van der Waals surface area contributed by atoms with Gasteiger partial charge in [0.05, 0.1) is 17.5 Å². The molecule has 13 heteroatoms. The van der Waals surface area contributed by atoms with E-state index in [1.807, 2.05) is 24.9 Å². The lowest BCUT2D eigenvalue weighted by molar-refractivity contribution is -0.131. The van der Waals surface area contributed by atoms with E-state index >= 15 is 0 Å². The van der Waals surface area contributed by atoms with Gasteiger partial charge in [-0.25, -0.2) is 18.9 Å². The number of pyridine rings is 1. The summed E-state index contributed by atoms with van der Waals surface area (Å²) in [5, 5.41) is 12.3. The van der Waals surface area contributed by atoms with Crippen molar-refractivity contribution >= 4 is 29.1 Å². The summed E-state index contributed by atoms with van der Waals surface area (Å²) in [6.45, 7) is 4.25. The van der Waals surface area contributed by atoms with E-state index in [1.54, 1.807) is 33.6 Å². The number of piperazine rings is 1. The first-order valence-corrected chi connectivity index (χ1v) is 13.5. The van der Waals surface area contributed by atoms with Crippen molar-refractivity contribution in [3.63, 3.8) is 0 Å². The lowest BCUT2D eigenvalue weighted by Gasteiger charge is -2.36. The number of aromatic nitrogens is 6. The third kappa shape index (κ3) is 5.16. The second kappa shape index (κ2) is 11.0. The summed E-state index contributed by atoms with van der Waals surface area (Å²) in [6.07, 6.45) is 3.24. The van der Waals surface area contributed by atoms with E-state index in [0.717, 1.165) is 23.0 Å². The molecule has 0 bridgehead atoms. The van der Waals surface area contributed by atoms with Crippen LogP contribution in [0.2, 0.25) is 0 Å².